The largest absolute Gasteiger partial charge is 0.484 e. The van der Waals surface area contributed by atoms with Crippen molar-refractivity contribution in [3.05, 3.63) is 24.3 Å². The fourth-order valence-corrected chi connectivity index (χ4v) is 4.47. The number of carbonyl (C=O) groups is 4. The van der Waals surface area contributed by atoms with Crippen molar-refractivity contribution in [2.45, 2.75) is 58.4 Å². The Labute approximate surface area is 188 Å². The Hall–Kier alpha value is -3.10. The van der Waals surface area contributed by atoms with E-state index < -0.39 is 23.4 Å². The van der Waals surface area contributed by atoms with Crippen molar-refractivity contribution in [3.8, 4) is 5.75 Å². The maximum Gasteiger partial charge on any atom is 0.325 e. The van der Waals surface area contributed by atoms with Gasteiger partial charge in [0.25, 0.3) is 11.8 Å². The van der Waals surface area contributed by atoms with Gasteiger partial charge in [-0.3, -0.25) is 19.3 Å². The zero-order valence-electron chi connectivity index (χ0n) is 18.9. The van der Waals surface area contributed by atoms with E-state index in [4.69, 9.17) is 10.5 Å². The van der Waals surface area contributed by atoms with Gasteiger partial charge in [0.2, 0.25) is 5.91 Å². The molecule has 1 aliphatic carbocycles. The second-order valence-electron chi connectivity index (χ2n) is 9.35. The van der Waals surface area contributed by atoms with Crippen molar-refractivity contribution in [3.63, 3.8) is 0 Å². The Kier molecular flexibility index (Phi) is 6.76. The predicted molar refractivity (Wildman–Crippen MR) is 119 cm³/mol. The van der Waals surface area contributed by atoms with Gasteiger partial charge in [-0.15, -0.1) is 0 Å². The first-order chi connectivity index (χ1) is 15.1. The number of nitrogens with zero attached hydrogens (tertiary/aromatic N) is 1. The molecule has 3 rings (SSSR count). The lowest BCUT2D eigenvalue weighted by Crippen LogP contribution is -2.51. The summed E-state index contributed by atoms with van der Waals surface area (Å²) in [6, 6.07) is 5.83. The summed E-state index contributed by atoms with van der Waals surface area (Å²) in [6.07, 6.45) is 4.00. The van der Waals surface area contributed by atoms with E-state index in [2.05, 4.69) is 31.4 Å². The highest BCUT2D eigenvalue weighted by Gasteiger charge is 2.53. The number of ether oxygens (including phenoxy) is 1. The minimum absolute atomic E-state index is 0.202. The van der Waals surface area contributed by atoms with Crippen molar-refractivity contribution in [1.29, 1.82) is 0 Å². The minimum Gasteiger partial charge on any atom is -0.484 e. The van der Waals surface area contributed by atoms with Crippen molar-refractivity contribution in [1.82, 2.24) is 10.2 Å². The molecule has 0 aromatic heterocycles. The molecule has 5 amide bonds. The van der Waals surface area contributed by atoms with Gasteiger partial charge in [-0.05, 0) is 61.3 Å². The first kappa shape index (κ1) is 23.6. The maximum atomic E-state index is 13.1. The molecule has 32 heavy (non-hydrogen) atoms. The van der Waals surface area contributed by atoms with E-state index in [1.54, 1.807) is 24.3 Å². The lowest BCUT2D eigenvalue weighted by Gasteiger charge is -2.42. The van der Waals surface area contributed by atoms with Crippen LogP contribution in [0, 0.1) is 11.3 Å². The Balaban J connectivity index is 1.56. The first-order valence-electron chi connectivity index (χ1n) is 11.0. The quantitative estimate of drug-likeness (QED) is 0.530. The number of primary amides is 1. The van der Waals surface area contributed by atoms with Gasteiger partial charge in [-0.1, -0.05) is 27.2 Å². The fourth-order valence-electron chi connectivity index (χ4n) is 4.47. The number of imide groups is 1. The molecule has 1 saturated heterocycles. The van der Waals surface area contributed by atoms with Crippen LogP contribution in [0.3, 0.4) is 0 Å². The molecule has 2 fully saturated rings. The molecule has 0 bridgehead atoms. The number of hydrogen-bond donors (Lipinski definition) is 3. The molecule has 0 atom stereocenters. The van der Waals surface area contributed by atoms with Crippen LogP contribution in [0.4, 0.5) is 10.5 Å². The van der Waals surface area contributed by atoms with Crippen LogP contribution in [0.2, 0.25) is 0 Å². The van der Waals surface area contributed by atoms with Crippen molar-refractivity contribution >= 4 is 29.4 Å². The van der Waals surface area contributed by atoms with Gasteiger partial charge in [0.1, 0.15) is 17.8 Å². The van der Waals surface area contributed by atoms with Crippen molar-refractivity contribution in [2.24, 2.45) is 17.1 Å². The van der Waals surface area contributed by atoms with Crippen LogP contribution in [-0.2, 0) is 14.4 Å². The van der Waals surface area contributed by atoms with Crippen molar-refractivity contribution < 1.29 is 23.9 Å². The van der Waals surface area contributed by atoms with Gasteiger partial charge < -0.3 is 21.1 Å². The van der Waals surface area contributed by atoms with Crippen LogP contribution in [-0.4, -0.2) is 47.3 Å². The number of nitrogens with two attached hydrogens (primary N) is 1. The minimum atomic E-state index is -0.892. The molecule has 1 aliphatic heterocycles. The predicted octanol–water partition coefficient (Wildman–Crippen LogP) is 2.41. The normalized spacial score (nSPS) is 23.2. The van der Waals surface area contributed by atoms with Crippen LogP contribution in [0.1, 0.15) is 52.9 Å². The SMILES string of the molecule is CCC(C)(C)C1CCC2(CC1)NC(=O)N(CC(=O)Nc1ccc(OCC(N)=O)cc1)C2=O. The van der Waals surface area contributed by atoms with Crippen LogP contribution < -0.4 is 21.1 Å². The summed E-state index contributed by atoms with van der Waals surface area (Å²) in [4.78, 5) is 49.8. The summed E-state index contributed by atoms with van der Waals surface area (Å²) >= 11 is 0. The lowest BCUT2D eigenvalue weighted by atomic mass is 9.65. The van der Waals surface area contributed by atoms with Crippen LogP contribution in [0.5, 0.6) is 5.75 Å². The summed E-state index contributed by atoms with van der Waals surface area (Å²) < 4.78 is 5.17. The first-order valence-corrected chi connectivity index (χ1v) is 11.0. The Morgan fingerprint density at radius 3 is 2.41 bits per heavy atom. The van der Waals surface area contributed by atoms with Gasteiger partial charge in [0.15, 0.2) is 6.61 Å². The van der Waals surface area contributed by atoms with E-state index in [9.17, 15) is 19.2 Å². The monoisotopic (exact) mass is 444 g/mol. The Morgan fingerprint density at radius 1 is 1.22 bits per heavy atom. The van der Waals surface area contributed by atoms with Crippen LogP contribution in [0.15, 0.2) is 24.3 Å². The molecule has 174 valence electrons. The second-order valence-corrected chi connectivity index (χ2v) is 9.35. The van der Waals surface area contributed by atoms with Crippen molar-refractivity contribution in [2.75, 3.05) is 18.5 Å². The third-order valence-corrected chi connectivity index (χ3v) is 6.92. The van der Waals surface area contributed by atoms with Crippen LogP contribution >= 0.6 is 0 Å². The molecule has 0 radical (unpaired) electrons. The third kappa shape index (κ3) is 5.03. The molecular formula is C23H32N4O5. The zero-order chi connectivity index (χ0) is 23.5. The molecule has 0 unspecified atom stereocenters. The van der Waals surface area contributed by atoms with E-state index in [0.717, 1.165) is 24.2 Å². The third-order valence-electron chi connectivity index (χ3n) is 6.92. The molecule has 2 aliphatic rings. The molecule has 1 heterocycles. The number of benzene rings is 1. The zero-order valence-corrected chi connectivity index (χ0v) is 18.9. The molecular weight excluding hydrogens is 412 g/mol. The van der Waals surface area contributed by atoms with Gasteiger partial charge in [0, 0.05) is 5.69 Å². The van der Waals surface area contributed by atoms with Gasteiger partial charge in [-0.2, -0.15) is 0 Å². The summed E-state index contributed by atoms with van der Waals surface area (Å²) in [7, 11) is 0. The molecule has 9 nitrogen and oxygen atoms in total. The Morgan fingerprint density at radius 2 is 1.84 bits per heavy atom. The number of anilines is 1. The molecule has 9 heteroatoms. The smallest absolute Gasteiger partial charge is 0.325 e. The number of carbonyl (C=O) groups excluding carboxylic acids is 4. The van der Waals surface area contributed by atoms with Gasteiger partial charge in [0.05, 0.1) is 0 Å². The van der Waals surface area contributed by atoms with E-state index in [1.165, 1.54) is 0 Å². The van der Waals surface area contributed by atoms with Gasteiger partial charge in [-0.25, -0.2) is 4.79 Å². The summed E-state index contributed by atoms with van der Waals surface area (Å²) in [6.45, 7) is 6.08. The number of amides is 5. The Bertz CT molecular complexity index is 888. The highest BCUT2D eigenvalue weighted by molar-refractivity contribution is 6.10. The number of rotatable bonds is 8. The second kappa shape index (κ2) is 9.18. The van der Waals surface area contributed by atoms with Gasteiger partial charge >= 0.3 is 6.03 Å². The molecule has 1 aromatic rings. The average Bonchev–Trinajstić information content (AvgIpc) is 2.97. The summed E-state index contributed by atoms with van der Waals surface area (Å²) in [5.74, 6) is -0.441. The standard InChI is InChI=1S/C23H32N4O5/c1-4-22(2,3)15-9-11-23(12-10-15)20(30)27(21(31)26-23)13-19(29)25-16-5-7-17(8-6-16)32-14-18(24)28/h5-8,15H,4,9-14H2,1-3H3,(H2,24,28)(H,25,29)(H,26,31). The van der Waals surface area contributed by atoms with E-state index in [1.807, 2.05) is 0 Å². The number of hydrogen-bond acceptors (Lipinski definition) is 5. The summed E-state index contributed by atoms with van der Waals surface area (Å²) in [5, 5.41) is 5.53. The lowest BCUT2D eigenvalue weighted by molar-refractivity contribution is -0.135. The molecule has 1 aromatic carbocycles. The number of nitrogens with one attached hydrogen (secondary N) is 2. The van der Waals surface area contributed by atoms with Crippen LogP contribution in [0.25, 0.3) is 0 Å². The van der Waals surface area contributed by atoms with E-state index in [-0.39, 0.29) is 24.5 Å². The van der Waals surface area contributed by atoms with E-state index in [0.29, 0.717) is 30.2 Å². The van der Waals surface area contributed by atoms with E-state index >= 15 is 0 Å². The maximum absolute atomic E-state index is 13.1. The average molecular weight is 445 g/mol. The fraction of sp³-hybridized carbons (Fsp3) is 0.565. The summed E-state index contributed by atoms with van der Waals surface area (Å²) in [5.41, 5.74) is 4.82. The molecule has 1 saturated carbocycles. The number of urea groups is 1. The molecule has 4 N–H and O–H groups in total. The molecule has 1 spiro atoms. The highest BCUT2D eigenvalue weighted by Crippen LogP contribution is 2.45. The highest BCUT2D eigenvalue weighted by atomic mass is 16.5. The topological polar surface area (TPSA) is 131 Å².